The lowest BCUT2D eigenvalue weighted by atomic mass is 10.2. The maximum Gasteiger partial charge on any atom is 0.311 e. The van der Waals surface area contributed by atoms with Crippen LogP contribution in [0.1, 0.15) is 20.3 Å². The van der Waals surface area contributed by atoms with Gasteiger partial charge in [0.05, 0.1) is 4.92 Å². The predicted molar refractivity (Wildman–Crippen MR) is 63.5 cm³/mol. The van der Waals surface area contributed by atoms with Crippen LogP contribution in [-0.4, -0.2) is 23.0 Å². The molecule has 1 aromatic heterocycles. The zero-order valence-electron chi connectivity index (χ0n) is 9.67. The molecule has 0 amide bonds. The molecule has 0 aromatic carbocycles. The number of pyridine rings is 1. The van der Waals surface area contributed by atoms with E-state index in [1.807, 2.05) is 13.8 Å². The molecule has 0 bridgehead atoms. The van der Waals surface area contributed by atoms with Gasteiger partial charge < -0.3 is 10.6 Å². The molecule has 0 spiro atoms. The molecule has 0 radical (unpaired) electrons. The average Bonchev–Trinajstić information content (AvgIpc) is 2.26. The molecule has 1 heterocycles. The van der Waals surface area contributed by atoms with Gasteiger partial charge in [0.25, 0.3) is 0 Å². The van der Waals surface area contributed by atoms with E-state index >= 15 is 0 Å². The van der Waals surface area contributed by atoms with Gasteiger partial charge in [-0.25, -0.2) is 4.98 Å². The third-order valence-electron chi connectivity index (χ3n) is 2.66. The first kappa shape index (κ1) is 12.2. The Kier molecular flexibility index (Phi) is 3.65. The largest absolute Gasteiger partial charge is 0.384 e. The second-order valence-corrected chi connectivity index (χ2v) is 3.70. The molecule has 1 rings (SSSR count). The van der Waals surface area contributed by atoms with Crippen molar-refractivity contribution in [2.24, 2.45) is 0 Å². The highest BCUT2D eigenvalue weighted by Crippen LogP contribution is 2.27. The molecule has 1 unspecified atom stereocenters. The Labute approximate surface area is 94.2 Å². The standard InChI is InChI=1S/C10H16N4O2/c1-4-7(2)13(3)10-8(14(15)16)5-6-9(11)12-10/h5-7H,4H2,1-3H3,(H2,11,12). The van der Waals surface area contributed by atoms with Gasteiger partial charge >= 0.3 is 5.69 Å². The summed E-state index contributed by atoms with van der Waals surface area (Å²) in [5.41, 5.74) is 5.53. The predicted octanol–water partition coefficient (Wildman–Crippen LogP) is 1.81. The van der Waals surface area contributed by atoms with Crippen molar-refractivity contribution in [3.05, 3.63) is 22.2 Å². The van der Waals surface area contributed by atoms with Crippen LogP contribution in [0.2, 0.25) is 0 Å². The molecule has 1 atom stereocenters. The van der Waals surface area contributed by atoms with Crippen molar-refractivity contribution in [2.45, 2.75) is 26.3 Å². The van der Waals surface area contributed by atoms with Crippen molar-refractivity contribution >= 4 is 17.3 Å². The molecule has 0 aliphatic rings. The monoisotopic (exact) mass is 224 g/mol. The van der Waals surface area contributed by atoms with E-state index in [9.17, 15) is 10.1 Å². The van der Waals surface area contributed by atoms with Gasteiger partial charge in [-0.3, -0.25) is 10.1 Å². The summed E-state index contributed by atoms with van der Waals surface area (Å²) in [7, 11) is 1.78. The molecule has 0 saturated heterocycles. The van der Waals surface area contributed by atoms with Gasteiger partial charge in [-0.05, 0) is 19.4 Å². The molecule has 0 aliphatic carbocycles. The Morgan fingerprint density at radius 3 is 2.75 bits per heavy atom. The fraction of sp³-hybridized carbons (Fsp3) is 0.500. The van der Waals surface area contributed by atoms with Crippen LogP contribution in [0.4, 0.5) is 17.3 Å². The van der Waals surface area contributed by atoms with E-state index in [-0.39, 0.29) is 17.5 Å². The summed E-state index contributed by atoms with van der Waals surface area (Å²) >= 11 is 0. The molecular weight excluding hydrogens is 208 g/mol. The van der Waals surface area contributed by atoms with Crippen molar-refractivity contribution in [3.63, 3.8) is 0 Å². The molecule has 88 valence electrons. The summed E-state index contributed by atoms with van der Waals surface area (Å²) in [5.74, 6) is 0.607. The van der Waals surface area contributed by atoms with Gasteiger partial charge in [0, 0.05) is 19.2 Å². The lowest BCUT2D eigenvalue weighted by Gasteiger charge is -2.24. The Hall–Kier alpha value is -1.85. The van der Waals surface area contributed by atoms with Crippen molar-refractivity contribution in [3.8, 4) is 0 Å². The zero-order valence-corrected chi connectivity index (χ0v) is 9.67. The highest BCUT2D eigenvalue weighted by Gasteiger charge is 2.21. The van der Waals surface area contributed by atoms with E-state index in [4.69, 9.17) is 5.73 Å². The van der Waals surface area contributed by atoms with E-state index in [0.29, 0.717) is 5.82 Å². The van der Waals surface area contributed by atoms with Crippen LogP contribution in [0.25, 0.3) is 0 Å². The number of nitrogens with two attached hydrogens (primary N) is 1. The van der Waals surface area contributed by atoms with Crippen LogP contribution in [-0.2, 0) is 0 Å². The average molecular weight is 224 g/mol. The topological polar surface area (TPSA) is 85.3 Å². The highest BCUT2D eigenvalue weighted by atomic mass is 16.6. The first-order valence-electron chi connectivity index (χ1n) is 5.11. The molecule has 6 nitrogen and oxygen atoms in total. The number of nitrogen functional groups attached to an aromatic ring is 1. The minimum Gasteiger partial charge on any atom is -0.384 e. The summed E-state index contributed by atoms with van der Waals surface area (Å²) < 4.78 is 0. The summed E-state index contributed by atoms with van der Waals surface area (Å²) in [6.45, 7) is 3.99. The number of anilines is 2. The third-order valence-corrected chi connectivity index (χ3v) is 2.66. The SMILES string of the molecule is CCC(C)N(C)c1nc(N)ccc1[N+](=O)[O-]. The van der Waals surface area contributed by atoms with Crippen LogP contribution >= 0.6 is 0 Å². The second kappa shape index (κ2) is 4.78. The highest BCUT2D eigenvalue weighted by molar-refractivity contribution is 5.60. The molecule has 0 saturated carbocycles. The summed E-state index contributed by atoms with van der Waals surface area (Å²) in [4.78, 5) is 16.2. The summed E-state index contributed by atoms with van der Waals surface area (Å²) in [6.07, 6.45) is 0.879. The molecule has 6 heteroatoms. The Morgan fingerprint density at radius 2 is 2.25 bits per heavy atom. The Balaban J connectivity index is 3.19. The number of rotatable bonds is 4. The Morgan fingerprint density at radius 1 is 1.62 bits per heavy atom. The summed E-state index contributed by atoms with van der Waals surface area (Å²) in [5, 5.41) is 10.8. The maximum atomic E-state index is 10.8. The quantitative estimate of drug-likeness (QED) is 0.622. The van der Waals surface area contributed by atoms with E-state index in [1.165, 1.54) is 12.1 Å². The van der Waals surface area contributed by atoms with Crippen molar-refractivity contribution in [1.82, 2.24) is 4.98 Å². The van der Waals surface area contributed by atoms with E-state index in [0.717, 1.165) is 6.42 Å². The Bertz CT molecular complexity index is 394. The van der Waals surface area contributed by atoms with Gasteiger partial charge in [0.1, 0.15) is 5.82 Å². The summed E-state index contributed by atoms with van der Waals surface area (Å²) in [6, 6.07) is 3.00. The number of nitro groups is 1. The van der Waals surface area contributed by atoms with Gasteiger partial charge in [-0.2, -0.15) is 0 Å². The van der Waals surface area contributed by atoms with Crippen LogP contribution in [0, 0.1) is 10.1 Å². The normalized spacial score (nSPS) is 12.2. The van der Waals surface area contributed by atoms with Crippen LogP contribution in [0.15, 0.2) is 12.1 Å². The molecule has 0 aliphatic heterocycles. The molecule has 0 fully saturated rings. The number of hydrogen-bond donors (Lipinski definition) is 1. The lowest BCUT2D eigenvalue weighted by molar-refractivity contribution is -0.384. The fourth-order valence-electron chi connectivity index (χ4n) is 1.34. The van der Waals surface area contributed by atoms with Gasteiger partial charge in [-0.15, -0.1) is 0 Å². The maximum absolute atomic E-state index is 10.8. The minimum absolute atomic E-state index is 0.0167. The van der Waals surface area contributed by atoms with Crippen molar-refractivity contribution in [1.29, 1.82) is 0 Å². The molecule has 16 heavy (non-hydrogen) atoms. The van der Waals surface area contributed by atoms with Crippen LogP contribution < -0.4 is 10.6 Å². The van der Waals surface area contributed by atoms with Crippen LogP contribution in [0.3, 0.4) is 0 Å². The fourth-order valence-corrected chi connectivity index (χ4v) is 1.34. The second-order valence-electron chi connectivity index (χ2n) is 3.70. The van der Waals surface area contributed by atoms with Gasteiger partial charge in [0.15, 0.2) is 0 Å². The zero-order chi connectivity index (χ0) is 12.3. The van der Waals surface area contributed by atoms with E-state index < -0.39 is 4.92 Å². The minimum atomic E-state index is -0.444. The van der Waals surface area contributed by atoms with E-state index in [2.05, 4.69) is 4.98 Å². The number of hydrogen-bond acceptors (Lipinski definition) is 5. The van der Waals surface area contributed by atoms with Crippen molar-refractivity contribution < 1.29 is 4.92 Å². The van der Waals surface area contributed by atoms with Gasteiger partial charge in [0.2, 0.25) is 5.82 Å². The molecule has 2 N–H and O–H groups in total. The number of aromatic nitrogens is 1. The molecule has 1 aromatic rings. The first-order chi connectivity index (χ1) is 7.47. The van der Waals surface area contributed by atoms with Crippen LogP contribution in [0.5, 0.6) is 0 Å². The third kappa shape index (κ3) is 2.39. The molecular formula is C10H16N4O2. The first-order valence-corrected chi connectivity index (χ1v) is 5.11. The van der Waals surface area contributed by atoms with Crippen molar-refractivity contribution in [2.75, 3.05) is 17.7 Å². The van der Waals surface area contributed by atoms with Gasteiger partial charge in [-0.1, -0.05) is 6.92 Å². The number of nitrogens with zero attached hydrogens (tertiary/aromatic N) is 3. The lowest BCUT2D eigenvalue weighted by Crippen LogP contribution is -2.29. The van der Waals surface area contributed by atoms with E-state index in [1.54, 1.807) is 11.9 Å². The smallest absolute Gasteiger partial charge is 0.311 e.